The third-order valence-electron chi connectivity index (χ3n) is 5.96. The molecule has 1 aromatic rings. The fourth-order valence-corrected chi connectivity index (χ4v) is 3.77. The van der Waals surface area contributed by atoms with E-state index >= 15 is 0 Å². The largest absolute Gasteiger partial charge is 0.481 e. The highest BCUT2D eigenvalue weighted by Gasteiger charge is 2.34. The number of hydrogen-bond donors (Lipinski definition) is 8. The zero-order chi connectivity index (χ0) is 34.4. The minimum atomic E-state index is -1.68. The van der Waals surface area contributed by atoms with Crippen LogP contribution in [0.15, 0.2) is 24.3 Å². The molecule has 0 aliphatic rings. The molecule has 0 spiro atoms. The van der Waals surface area contributed by atoms with Crippen LogP contribution in [0.5, 0.6) is 0 Å². The van der Waals surface area contributed by atoms with Crippen molar-refractivity contribution in [3.63, 3.8) is 0 Å². The molecule has 1 rings (SSSR count). The molecule has 0 heterocycles. The van der Waals surface area contributed by atoms with E-state index in [9.17, 15) is 53.6 Å². The third-order valence-corrected chi connectivity index (χ3v) is 5.96. The highest BCUT2D eigenvalue weighted by Crippen LogP contribution is 2.16. The van der Waals surface area contributed by atoms with Crippen molar-refractivity contribution < 1.29 is 58.6 Å². The SMILES string of the molecule is CC(=O)N[C@@H](CC(=O)O)C(=O)N[C@@H](CCC(=O)O)C(=O)N[C@H](C(=O)N[C@@H](CC(=O)O)C(=O)Nc1ccc([N+](=O)[O-])cc1)C(C)C. The van der Waals surface area contributed by atoms with E-state index in [0.717, 1.165) is 19.1 Å². The third kappa shape index (κ3) is 13.5. The van der Waals surface area contributed by atoms with Crippen molar-refractivity contribution in [3.05, 3.63) is 34.4 Å². The zero-order valence-electron chi connectivity index (χ0n) is 24.4. The number of non-ortho nitro benzene ring substituents is 1. The van der Waals surface area contributed by atoms with Gasteiger partial charge in [0.2, 0.25) is 29.5 Å². The first-order valence-electron chi connectivity index (χ1n) is 13.3. The molecule has 0 unspecified atom stereocenters. The molecule has 1 aromatic carbocycles. The van der Waals surface area contributed by atoms with Gasteiger partial charge < -0.3 is 41.9 Å². The van der Waals surface area contributed by atoms with Gasteiger partial charge in [0.05, 0.1) is 17.8 Å². The van der Waals surface area contributed by atoms with Crippen molar-refractivity contribution in [2.24, 2.45) is 5.92 Å². The normalized spacial score (nSPS) is 13.2. The number of rotatable bonds is 18. The van der Waals surface area contributed by atoms with Crippen LogP contribution in [0, 0.1) is 16.0 Å². The van der Waals surface area contributed by atoms with Crippen LogP contribution >= 0.6 is 0 Å². The van der Waals surface area contributed by atoms with Crippen LogP contribution in [-0.4, -0.2) is 91.9 Å². The molecule has 0 aliphatic carbocycles. The first-order valence-corrected chi connectivity index (χ1v) is 13.3. The quantitative estimate of drug-likeness (QED) is 0.0705. The fourth-order valence-electron chi connectivity index (χ4n) is 3.77. The van der Waals surface area contributed by atoms with Crippen molar-refractivity contribution >= 4 is 58.8 Å². The highest BCUT2D eigenvalue weighted by molar-refractivity contribution is 6.01. The van der Waals surface area contributed by atoms with Gasteiger partial charge in [-0.1, -0.05) is 13.8 Å². The standard InChI is InChI=1S/C26H34N6O13/c1-12(2)22(26(43)30-18(11-21(38)39)24(41)28-14-4-6-15(7-5-14)32(44)45)31-23(40)16(8-9-19(34)35)29-25(42)17(10-20(36)37)27-13(3)33/h4-7,12,16-18,22H,8-11H2,1-3H3,(H,27,33)(H,28,41)(H,29,42)(H,30,43)(H,31,40)(H,34,35)(H,36,37)(H,38,39)/t16-,17-,18-,22-/m0/s1. The van der Waals surface area contributed by atoms with E-state index < -0.39 is 108 Å². The van der Waals surface area contributed by atoms with Crippen molar-refractivity contribution in [3.8, 4) is 0 Å². The molecule has 19 heteroatoms. The van der Waals surface area contributed by atoms with Gasteiger partial charge in [-0.3, -0.25) is 48.5 Å². The molecule has 0 fully saturated rings. The highest BCUT2D eigenvalue weighted by atomic mass is 16.6. The van der Waals surface area contributed by atoms with Crippen LogP contribution in [0.2, 0.25) is 0 Å². The van der Waals surface area contributed by atoms with Gasteiger partial charge in [0.15, 0.2) is 0 Å². The van der Waals surface area contributed by atoms with E-state index in [4.69, 9.17) is 10.2 Å². The summed E-state index contributed by atoms with van der Waals surface area (Å²) < 4.78 is 0. The second kappa shape index (κ2) is 17.5. The smallest absolute Gasteiger partial charge is 0.305 e. The van der Waals surface area contributed by atoms with Crippen LogP contribution < -0.4 is 26.6 Å². The molecule has 0 aliphatic heterocycles. The number of carbonyl (C=O) groups is 8. The molecule has 0 saturated carbocycles. The Labute approximate surface area is 255 Å². The monoisotopic (exact) mass is 638 g/mol. The van der Waals surface area contributed by atoms with Crippen LogP contribution in [0.4, 0.5) is 11.4 Å². The van der Waals surface area contributed by atoms with E-state index in [1.165, 1.54) is 26.0 Å². The molecule has 5 amide bonds. The Bertz CT molecular complexity index is 1300. The van der Waals surface area contributed by atoms with E-state index in [1.807, 2.05) is 0 Å². The fraction of sp³-hybridized carbons (Fsp3) is 0.462. The van der Waals surface area contributed by atoms with Crippen molar-refractivity contribution in [1.82, 2.24) is 21.3 Å². The maximum absolute atomic E-state index is 13.2. The molecule has 0 aromatic heterocycles. The van der Waals surface area contributed by atoms with Gasteiger partial charge in [0.25, 0.3) is 5.69 Å². The lowest BCUT2D eigenvalue weighted by atomic mass is 10.0. The van der Waals surface area contributed by atoms with E-state index in [1.54, 1.807) is 0 Å². The number of nitrogens with one attached hydrogen (secondary N) is 5. The Kier molecular flexibility index (Phi) is 14.5. The summed E-state index contributed by atoms with van der Waals surface area (Å²) >= 11 is 0. The summed E-state index contributed by atoms with van der Waals surface area (Å²) in [5.74, 6) is -9.94. The Morgan fingerprint density at radius 2 is 1.20 bits per heavy atom. The molecule has 8 N–H and O–H groups in total. The van der Waals surface area contributed by atoms with Gasteiger partial charge in [0, 0.05) is 31.2 Å². The number of anilines is 1. The Hall–Kier alpha value is -5.62. The topological polar surface area (TPSA) is 301 Å². The summed E-state index contributed by atoms with van der Waals surface area (Å²) in [6.45, 7) is 3.99. The van der Waals surface area contributed by atoms with Crippen LogP contribution in [-0.2, 0) is 38.4 Å². The van der Waals surface area contributed by atoms with Crippen LogP contribution in [0.25, 0.3) is 0 Å². The molecule has 0 radical (unpaired) electrons. The molecule has 0 saturated heterocycles. The van der Waals surface area contributed by atoms with Gasteiger partial charge >= 0.3 is 17.9 Å². The lowest BCUT2D eigenvalue weighted by Crippen LogP contribution is -2.59. The van der Waals surface area contributed by atoms with Crippen LogP contribution in [0.3, 0.4) is 0 Å². The average molecular weight is 639 g/mol. The Morgan fingerprint density at radius 3 is 1.64 bits per heavy atom. The van der Waals surface area contributed by atoms with Crippen LogP contribution in [0.1, 0.15) is 46.5 Å². The number of amides is 5. The number of hydrogen-bond acceptors (Lipinski definition) is 10. The molecular formula is C26H34N6O13. The first-order chi connectivity index (χ1) is 20.9. The van der Waals surface area contributed by atoms with Gasteiger partial charge in [-0.05, 0) is 24.5 Å². The number of nitrogens with zero attached hydrogens (tertiary/aromatic N) is 1. The number of carboxylic acids is 3. The number of nitro groups is 1. The summed E-state index contributed by atoms with van der Waals surface area (Å²) in [5.41, 5.74) is -0.217. The first kappa shape index (κ1) is 37.4. The maximum atomic E-state index is 13.2. The predicted octanol–water partition coefficient (Wildman–Crippen LogP) is -1.04. The minimum absolute atomic E-state index is 0.0569. The Balaban J connectivity index is 3.16. The molecular weight excluding hydrogens is 604 g/mol. The van der Waals surface area contributed by atoms with E-state index in [-0.39, 0.29) is 11.4 Å². The summed E-state index contributed by atoms with van der Waals surface area (Å²) in [4.78, 5) is 107. The minimum Gasteiger partial charge on any atom is -0.481 e. The number of nitro benzene ring substituents is 1. The summed E-state index contributed by atoms with van der Waals surface area (Å²) in [7, 11) is 0. The van der Waals surface area contributed by atoms with E-state index in [2.05, 4.69) is 26.6 Å². The van der Waals surface area contributed by atoms with Gasteiger partial charge in [-0.25, -0.2) is 0 Å². The van der Waals surface area contributed by atoms with Gasteiger partial charge in [-0.2, -0.15) is 0 Å². The number of benzene rings is 1. The van der Waals surface area contributed by atoms with Crippen molar-refractivity contribution in [2.75, 3.05) is 5.32 Å². The number of aliphatic carboxylic acids is 3. The van der Waals surface area contributed by atoms with E-state index in [0.29, 0.717) is 0 Å². The second-order valence-electron chi connectivity index (χ2n) is 10.0. The lowest BCUT2D eigenvalue weighted by Gasteiger charge is -2.27. The molecule has 4 atom stereocenters. The van der Waals surface area contributed by atoms with Gasteiger partial charge in [-0.15, -0.1) is 0 Å². The maximum Gasteiger partial charge on any atom is 0.305 e. The van der Waals surface area contributed by atoms with Crippen molar-refractivity contribution in [2.45, 2.75) is 70.6 Å². The summed E-state index contributed by atoms with van der Waals surface area (Å²) in [6.07, 6.45) is -2.89. The average Bonchev–Trinajstić information content (AvgIpc) is 2.92. The number of carboxylic acid groups (broad SMARTS) is 3. The Morgan fingerprint density at radius 1 is 0.711 bits per heavy atom. The van der Waals surface area contributed by atoms with Crippen molar-refractivity contribution in [1.29, 1.82) is 0 Å². The second-order valence-corrected chi connectivity index (χ2v) is 10.0. The lowest BCUT2D eigenvalue weighted by molar-refractivity contribution is -0.384. The number of carbonyl (C=O) groups excluding carboxylic acids is 5. The molecule has 0 bridgehead atoms. The zero-order valence-corrected chi connectivity index (χ0v) is 24.4. The molecule has 45 heavy (non-hydrogen) atoms. The van der Waals surface area contributed by atoms with Gasteiger partial charge in [0.1, 0.15) is 24.2 Å². The predicted molar refractivity (Wildman–Crippen MR) is 151 cm³/mol. The molecule has 19 nitrogen and oxygen atoms in total. The summed E-state index contributed by atoms with van der Waals surface area (Å²) in [6, 6.07) is -1.82. The summed E-state index contributed by atoms with van der Waals surface area (Å²) in [5, 5.41) is 49.5. The molecule has 246 valence electrons.